The van der Waals surface area contributed by atoms with Crippen LogP contribution in [-0.2, 0) is 30.3 Å². The number of hydrogen-bond donors (Lipinski definition) is 6. The number of nitrogen functional groups attached to an aromatic ring is 1. The van der Waals surface area contributed by atoms with Crippen LogP contribution >= 0.6 is 0 Å². The van der Waals surface area contributed by atoms with Gasteiger partial charge in [-0.15, -0.1) is 0 Å². The van der Waals surface area contributed by atoms with Gasteiger partial charge in [0.2, 0.25) is 11.9 Å². The number of amidine groups is 1. The summed E-state index contributed by atoms with van der Waals surface area (Å²) < 4.78 is 4.70. The van der Waals surface area contributed by atoms with Crippen molar-refractivity contribution in [1.29, 1.82) is 5.41 Å². The molecule has 0 aromatic heterocycles. The van der Waals surface area contributed by atoms with Gasteiger partial charge in [-0.25, -0.2) is 4.79 Å². The smallest absolute Gasteiger partial charge is 0.338 e. The Bertz CT molecular complexity index is 1310. The van der Waals surface area contributed by atoms with Gasteiger partial charge in [-0.2, -0.15) is 0 Å². The monoisotopic (exact) mass is 541 g/mol. The van der Waals surface area contributed by atoms with Crippen molar-refractivity contribution in [2.75, 3.05) is 26.7 Å². The highest BCUT2D eigenvalue weighted by molar-refractivity contribution is 6.07. The summed E-state index contributed by atoms with van der Waals surface area (Å²) in [4.78, 5) is 65.3. The molecule has 1 saturated heterocycles. The first-order valence-corrected chi connectivity index (χ1v) is 11.6. The molecule has 14 nitrogen and oxygen atoms in total. The number of carbonyl (C=O) groups excluding carboxylic acids is 4. The Morgan fingerprint density at radius 3 is 2.28 bits per heavy atom. The van der Waals surface area contributed by atoms with E-state index in [0.717, 1.165) is 16.9 Å². The van der Waals surface area contributed by atoms with Crippen molar-refractivity contribution in [1.82, 2.24) is 15.1 Å². The Labute approximate surface area is 222 Å². The predicted molar refractivity (Wildman–Crippen MR) is 134 cm³/mol. The van der Waals surface area contributed by atoms with Gasteiger partial charge >= 0.3 is 11.9 Å². The third-order valence-corrected chi connectivity index (χ3v) is 6.04. The first-order valence-electron chi connectivity index (χ1n) is 11.6. The van der Waals surface area contributed by atoms with Gasteiger partial charge in [0.1, 0.15) is 18.4 Å². The molecule has 0 aliphatic carbocycles. The molecule has 3 rings (SSSR count). The number of carbonyl (C=O) groups is 5. The number of nitrogens with zero attached hydrogens (tertiary/aromatic N) is 2. The molecule has 14 heteroatoms. The van der Waals surface area contributed by atoms with Gasteiger partial charge < -0.3 is 40.9 Å². The largest absolute Gasteiger partial charge is 0.504 e. The number of aliphatic carboxylic acids is 1. The first kappa shape index (κ1) is 28.4. The van der Waals surface area contributed by atoms with Crippen LogP contribution in [0.2, 0.25) is 0 Å². The van der Waals surface area contributed by atoms with E-state index >= 15 is 0 Å². The van der Waals surface area contributed by atoms with E-state index in [1.54, 1.807) is 0 Å². The molecule has 2 atom stereocenters. The summed E-state index contributed by atoms with van der Waals surface area (Å²) in [7, 11) is 1.01. The fourth-order valence-corrected chi connectivity index (χ4v) is 4.05. The molecule has 1 fully saturated rings. The van der Waals surface area contributed by atoms with E-state index in [9.17, 15) is 34.2 Å². The number of nitrogens with one attached hydrogen (secondary N) is 2. The molecule has 2 aromatic rings. The average molecular weight is 542 g/mol. The van der Waals surface area contributed by atoms with E-state index in [-0.39, 0.29) is 30.9 Å². The third-order valence-electron chi connectivity index (χ3n) is 6.04. The van der Waals surface area contributed by atoms with Gasteiger partial charge in [-0.1, -0.05) is 18.2 Å². The van der Waals surface area contributed by atoms with Crippen LogP contribution in [-0.4, -0.2) is 99.4 Å². The van der Waals surface area contributed by atoms with Gasteiger partial charge in [0.05, 0.1) is 7.11 Å². The summed E-state index contributed by atoms with van der Waals surface area (Å²) in [5.41, 5.74) is 6.27. The number of methoxy groups -OCH3 is 1. The van der Waals surface area contributed by atoms with Crippen molar-refractivity contribution >= 4 is 35.5 Å². The molecule has 206 valence electrons. The number of ether oxygens (including phenoxy) is 1. The van der Waals surface area contributed by atoms with Crippen molar-refractivity contribution in [3.8, 4) is 11.5 Å². The van der Waals surface area contributed by atoms with Crippen LogP contribution < -0.4 is 11.1 Å². The summed E-state index contributed by atoms with van der Waals surface area (Å²) in [6, 6.07) is 6.34. The fraction of sp³-hybridized carbons (Fsp3) is 0.280. The van der Waals surface area contributed by atoms with E-state index in [1.807, 2.05) is 0 Å². The van der Waals surface area contributed by atoms with Crippen LogP contribution in [0.15, 0.2) is 42.5 Å². The number of carboxylic acids is 1. The van der Waals surface area contributed by atoms with Crippen molar-refractivity contribution in [2.24, 2.45) is 5.73 Å². The summed E-state index contributed by atoms with van der Waals surface area (Å²) in [5, 5.41) is 38.7. The summed E-state index contributed by atoms with van der Waals surface area (Å²) in [6.45, 7) is -1.09. The van der Waals surface area contributed by atoms with Crippen LogP contribution in [0.25, 0.3) is 0 Å². The Balaban J connectivity index is 1.94. The molecule has 0 spiro atoms. The van der Waals surface area contributed by atoms with Gasteiger partial charge in [0.25, 0.3) is 11.8 Å². The summed E-state index contributed by atoms with van der Waals surface area (Å²) in [5.74, 6) is -5.95. The Morgan fingerprint density at radius 1 is 1.08 bits per heavy atom. The number of hydrogen-bond acceptors (Lipinski definition) is 9. The molecular formula is C25H27N5O9. The number of esters is 1. The Morgan fingerprint density at radius 2 is 1.72 bits per heavy atom. The quantitative estimate of drug-likeness (QED) is 0.0748. The fourth-order valence-electron chi connectivity index (χ4n) is 4.05. The van der Waals surface area contributed by atoms with Crippen LogP contribution in [0.5, 0.6) is 11.5 Å². The maximum absolute atomic E-state index is 13.7. The number of nitrogens with two attached hydrogens (primary N) is 1. The van der Waals surface area contributed by atoms with Gasteiger partial charge in [-0.3, -0.25) is 24.6 Å². The molecule has 39 heavy (non-hydrogen) atoms. The minimum atomic E-state index is -1.78. The van der Waals surface area contributed by atoms with Gasteiger partial charge in [0.15, 0.2) is 11.5 Å². The molecule has 1 heterocycles. The number of amides is 3. The summed E-state index contributed by atoms with van der Waals surface area (Å²) >= 11 is 0. The average Bonchev–Trinajstić information content (AvgIpc) is 2.90. The zero-order valence-electron chi connectivity index (χ0n) is 20.8. The van der Waals surface area contributed by atoms with Crippen LogP contribution in [0.1, 0.15) is 21.5 Å². The number of rotatable bonds is 9. The molecule has 0 radical (unpaired) electrons. The summed E-state index contributed by atoms with van der Waals surface area (Å²) in [6.07, 6.45) is -0.207. The van der Waals surface area contributed by atoms with Crippen LogP contribution in [0.3, 0.4) is 0 Å². The Kier molecular flexibility index (Phi) is 8.70. The second kappa shape index (κ2) is 11.9. The van der Waals surface area contributed by atoms with E-state index in [0.29, 0.717) is 11.1 Å². The van der Waals surface area contributed by atoms with Crippen molar-refractivity contribution in [3.63, 3.8) is 0 Å². The number of piperazine rings is 1. The Hall–Kier alpha value is -5.14. The lowest BCUT2D eigenvalue weighted by atomic mass is 10.0. The maximum atomic E-state index is 13.7. The minimum absolute atomic E-state index is 0.123. The molecule has 1 aliphatic heterocycles. The lowest BCUT2D eigenvalue weighted by molar-refractivity contribution is -0.167. The van der Waals surface area contributed by atoms with Gasteiger partial charge in [-0.05, 0) is 29.8 Å². The number of aromatic hydroxyl groups is 2. The lowest BCUT2D eigenvalue weighted by Gasteiger charge is -2.40. The molecule has 0 bridgehead atoms. The predicted octanol–water partition coefficient (Wildman–Crippen LogP) is -0.980. The number of phenolic OH excluding ortho intramolecular Hbond substituents is 2. The second-order valence-corrected chi connectivity index (χ2v) is 8.66. The first-order chi connectivity index (χ1) is 18.4. The zero-order chi connectivity index (χ0) is 28.9. The maximum Gasteiger partial charge on any atom is 0.338 e. The van der Waals surface area contributed by atoms with Crippen molar-refractivity contribution in [3.05, 3.63) is 59.2 Å². The van der Waals surface area contributed by atoms with E-state index in [1.165, 1.54) is 42.5 Å². The van der Waals surface area contributed by atoms with E-state index < -0.39 is 59.8 Å². The lowest BCUT2D eigenvalue weighted by Crippen LogP contribution is -2.65. The molecule has 1 aliphatic rings. The number of benzene rings is 2. The minimum Gasteiger partial charge on any atom is -0.504 e. The van der Waals surface area contributed by atoms with E-state index in [2.05, 4.69) is 5.32 Å². The molecule has 3 amide bonds. The standard InChI is InChI=1S/C25H27N5O9/c1-39-25(38)20-24(37)29(12-19(33)34)8-9-30(20)23(36)16(10-13-2-7-17(31)18(32)11-13)28-22(35)15-5-3-14(4-6-15)21(26)27/h2-7,11,16,20,31-32H,8-10,12H2,1H3,(H3,26,27)(H,28,35)(H,33,34)/t16?,20-/m0/s1. The topological polar surface area (TPSA) is 224 Å². The van der Waals surface area contributed by atoms with E-state index in [4.69, 9.17) is 21.0 Å². The van der Waals surface area contributed by atoms with Crippen molar-refractivity contribution in [2.45, 2.75) is 18.5 Å². The van der Waals surface area contributed by atoms with Gasteiger partial charge in [0, 0.05) is 30.6 Å². The highest BCUT2D eigenvalue weighted by Crippen LogP contribution is 2.26. The van der Waals surface area contributed by atoms with Crippen LogP contribution in [0.4, 0.5) is 0 Å². The molecule has 7 N–H and O–H groups in total. The molecule has 2 aromatic carbocycles. The zero-order valence-corrected chi connectivity index (χ0v) is 20.8. The van der Waals surface area contributed by atoms with Crippen LogP contribution in [0, 0.1) is 5.41 Å². The highest BCUT2D eigenvalue weighted by Gasteiger charge is 2.45. The highest BCUT2D eigenvalue weighted by atomic mass is 16.5. The number of phenols is 2. The van der Waals surface area contributed by atoms with Crippen molar-refractivity contribution < 1.29 is 44.0 Å². The number of carboxylic acid groups (broad SMARTS) is 1. The molecule has 1 unspecified atom stereocenters. The molecule has 0 saturated carbocycles. The second-order valence-electron chi connectivity index (χ2n) is 8.66. The molecular weight excluding hydrogens is 514 g/mol. The third kappa shape index (κ3) is 6.60. The SMILES string of the molecule is COC(=O)[C@@H]1C(=O)N(CC(=O)O)CCN1C(=O)C(Cc1ccc(O)c(O)c1)NC(=O)c1ccc(C(=N)N)cc1. The normalized spacial score (nSPS) is 15.8.